The van der Waals surface area contributed by atoms with Crippen LogP contribution in [-0.2, 0) is 4.79 Å². The average Bonchev–Trinajstić information content (AvgIpc) is 3.04. The molecule has 2 amide bonds. The Morgan fingerprint density at radius 1 is 1.38 bits per heavy atom. The molecule has 2 heterocycles. The van der Waals surface area contributed by atoms with Crippen molar-refractivity contribution in [1.82, 2.24) is 9.80 Å². The van der Waals surface area contributed by atoms with Gasteiger partial charge in [0.2, 0.25) is 0 Å². The molecule has 0 saturated carbocycles. The molecular formula is C14H24N2O4S. The summed E-state index contributed by atoms with van der Waals surface area (Å²) in [5, 5.41) is 18.3. The number of amides is 2. The Bertz CT molecular complexity index is 404. The van der Waals surface area contributed by atoms with Crippen LogP contribution in [0.4, 0.5) is 4.79 Å². The maximum absolute atomic E-state index is 12.7. The number of aliphatic hydroxyl groups is 1. The highest BCUT2D eigenvalue weighted by molar-refractivity contribution is 8.00. The molecule has 2 aliphatic heterocycles. The number of thioether (sulfide) groups is 1. The fourth-order valence-corrected chi connectivity index (χ4v) is 4.53. The lowest BCUT2D eigenvalue weighted by Gasteiger charge is -2.33. The van der Waals surface area contributed by atoms with Crippen molar-refractivity contribution in [1.29, 1.82) is 0 Å². The summed E-state index contributed by atoms with van der Waals surface area (Å²) in [6.07, 6.45) is 1.59. The molecule has 2 aliphatic rings. The molecule has 2 rings (SSSR count). The van der Waals surface area contributed by atoms with E-state index in [1.54, 1.807) is 21.6 Å². The zero-order chi connectivity index (χ0) is 15.6. The topological polar surface area (TPSA) is 81.1 Å². The molecular weight excluding hydrogens is 292 g/mol. The average molecular weight is 316 g/mol. The van der Waals surface area contributed by atoms with Crippen molar-refractivity contribution >= 4 is 23.8 Å². The van der Waals surface area contributed by atoms with Crippen LogP contribution in [0.1, 0.15) is 26.7 Å². The van der Waals surface area contributed by atoms with Crippen molar-refractivity contribution < 1.29 is 19.8 Å². The van der Waals surface area contributed by atoms with Gasteiger partial charge in [0, 0.05) is 25.4 Å². The number of likely N-dealkylation sites (tertiary alicyclic amines) is 1. The molecule has 3 unspecified atom stereocenters. The normalized spacial score (nSPS) is 29.4. The smallest absolute Gasteiger partial charge is 0.327 e. The minimum absolute atomic E-state index is 0.0736. The molecule has 0 radical (unpaired) electrons. The molecule has 7 heteroatoms. The maximum atomic E-state index is 12.7. The van der Waals surface area contributed by atoms with E-state index >= 15 is 0 Å². The molecule has 21 heavy (non-hydrogen) atoms. The molecule has 0 aromatic carbocycles. The Balaban J connectivity index is 2.09. The summed E-state index contributed by atoms with van der Waals surface area (Å²) in [7, 11) is 0. The van der Waals surface area contributed by atoms with Crippen molar-refractivity contribution in [3.8, 4) is 0 Å². The molecule has 0 aromatic heterocycles. The molecule has 3 atom stereocenters. The summed E-state index contributed by atoms with van der Waals surface area (Å²) in [6, 6.07) is -0.890. The van der Waals surface area contributed by atoms with Crippen LogP contribution in [0.15, 0.2) is 0 Å². The van der Waals surface area contributed by atoms with E-state index < -0.39 is 12.0 Å². The van der Waals surface area contributed by atoms with Crippen LogP contribution >= 0.6 is 11.8 Å². The van der Waals surface area contributed by atoms with Crippen LogP contribution in [0.2, 0.25) is 0 Å². The number of nitrogens with zero attached hydrogens (tertiary/aromatic N) is 2. The number of aliphatic hydroxyl groups excluding tert-OH is 1. The van der Waals surface area contributed by atoms with Gasteiger partial charge in [-0.3, -0.25) is 4.90 Å². The van der Waals surface area contributed by atoms with Crippen molar-refractivity contribution in [3.63, 3.8) is 0 Å². The van der Waals surface area contributed by atoms with Gasteiger partial charge in [-0.25, -0.2) is 9.59 Å². The molecule has 0 spiro atoms. The van der Waals surface area contributed by atoms with Crippen LogP contribution in [0, 0.1) is 11.8 Å². The number of urea groups is 1. The van der Waals surface area contributed by atoms with Crippen molar-refractivity contribution in [2.75, 3.05) is 25.4 Å². The molecule has 6 nitrogen and oxygen atoms in total. The van der Waals surface area contributed by atoms with Gasteiger partial charge in [-0.1, -0.05) is 13.8 Å². The Labute approximate surface area is 129 Å². The molecule has 120 valence electrons. The van der Waals surface area contributed by atoms with E-state index in [1.807, 2.05) is 13.8 Å². The lowest BCUT2D eigenvalue weighted by molar-refractivity contribution is -0.141. The number of rotatable bonds is 4. The monoisotopic (exact) mass is 316 g/mol. The minimum Gasteiger partial charge on any atom is -0.480 e. The first-order chi connectivity index (χ1) is 9.95. The summed E-state index contributed by atoms with van der Waals surface area (Å²) >= 11 is 1.55. The number of carbonyl (C=O) groups is 2. The second kappa shape index (κ2) is 6.87. The second-order valence-corrected chi connectivity index (χ2v) is 7.27. The summed E-state index contributed by atoms with van der Waals surface area (Å²) in [4.78, 5) is 27.4. The standard InChI is InChI=1S/C14H24N2O4S/c1-9(2)12-16(11(8-21-12)13(18)19)14(20)15-5-3-10(7-15)4-6-17/h9-12,17H,3-8H2,1-2H3,(H,18,19). The van der Waals surface area contributed by atoms with Gasteiger partial charge in [-0.15, -0.1) is 11.8 Å². The van der Waals surface area contributed by atoms with Crippen molar-refractivity contribution in [2.45, 2.75) is 38.1 Å². The maximum Gasteiger partial charge on any atom is 0.327 e. The van der Waals surface area contributed by atoms with E-state index in [9.17, 15) is 14.7 Å². The Hall–Kier alpha value is -0.950. The Kier molecular flexibility index (Phi) is 5.37. The Morgan fingerprint density at radius 2 is 2.10 bits per heavy atom. The van der Waals surface area contributed by atoms with Crippen LogP contribution in [0.3, 0.4) is 0 Å². The predicted octanol–water partition coefficient (Wildman–Crippen LogP) is 1.29. The zero-order valence-corrected chi connectivity index (χ0v) is 13.4. The summed E-state index contributed by atoms with van der Waals surface area (Å²) in [5.74, 6) is 0.0805. The minimum atomic E-state index is -0.926. The van der Waals surface area contributed by atoms with Crippen LogP contribution in [-0.4, -0.2) is 68.9 Å². The van der Waals surface area contributed by atoms with E-state index in [2.05, 4.69) is 0 Å². The summed E-state index contributed by atoms with van der Waals surface area (Å²) in [6.45, 7) is 5.44. The van der Waals surface area contributed by atoms with Crippen LogP contribution < -0.4 is 0 Å². The van der Waals surface area contributed by atoms with Crippen molar-refractivity contribution in [2.24, 2.45) is 11.8 Å². The quantitative estimate of drug-likeness (QED) is 0.817. The van der Waals surface area contributed by atoms with Gasteiger partial charge in [0.1, 0.15) is 6.04 Å². The van der Waals surface area contributed by atoms with Gasteiger partial charge in [0.25, 0.3) is 0 Å². The summed E-state index contributed by atoms with van der Waals surface area (Å²) < 4.78 is 0. The molecule has 0 aromatic rings. The fraction of sp³-hybridized carbons (Fsp3) is 0.857. The van der Waals surface area contributed by atoms with Crippen LogP contribution in [0.25, 0.3) is 0 Å². The SMILES string of the molecule is CC(C)C1SCC(C(=O)O)N1C(=O)N1CCC(CCO)C1. The second-order valence-electron chi connectivity index (χ2n) is 6.12. The van der Waals surface area contributed by atoms with Gasteiger partial charge in [-0.2, -0.15) is 0 Å². The van der Waals surface area contributed by atoms with E-state index in [0.29, 0.717) is 31.2 Å². The summed E-state index contributed by atoms with van der Waals surface area (Å²) in [5.41, 5.74) is 0. The molecule has 2 fully saturated rings. The lowest BCUT2D eigenvalue weighted by Crippen LogP contribution is -2.52. The number of hydrogen-bond donors (Lipinski definition) is 2. The number of aliphatic carboxylic acids is 1. The van der Waals surface area contributed by atoms with Gasteiger partial charge in [0.05, 0.1) is 5.37 Å². The van der Waals surface area contributed by atoms with Gasteiger partial charge in [0.15, 0.2) is 0 Å². The fourth-order valence-electron chi connectivity index (χ4n) is 3.06. The number of carbonyl (C=O) groups excluding carboxylic acids is 1. The Morgan fingerprint density at radius 3 is 2.67 bits per heavy atom. The third-order valence-corrected chi connectivity index (χ3v) is 5.83. The molecule has 2 saturated heterocycles. The lowest BCUT2D eigenvalue weighted by atomic mass is 10.1. The van der Waals surface area contributed by atoms with E-state index in [-0.39, 0.29) is 23.9 Å². The van der Waals surface area contributed by atoms with Crippen LogP contribution in [0.5, 0.6) is 0 Å². The highest BCUT2D eigenvalue weighted by Gasteiger charge is 2.45. The number of carboxylic acids is 1. The van der Waals surface area contributed by atoms with E-state index in [0.717, 1.165) is 6.42 Å². The molecule has 0 aliphatic carbocycles. The van der Waals surface area contributed by atoms with E-state index in [1.165, 1.54) is 0 Å². The van der Waals surface area contributed by atoms with Gasteiger partial charge >= 0.3 is 12.0 Å². The van der Waals surface area contributed by atoms with E-state index in [4.69, 9.17) is 5.11 Å². The first-order valence-electron chi connectivity index (χ1n) is 7.48. The van der Waals surface area contributed by atoms with Gasteiger partial charge < -0.3 is 15.1 Å². The first kappa shape index (κ1) is 16.4. The third kappa shape index (κ3) is 3.45. The largest absolute Gasteiger partial charge is 0.480 e. The van der Waals surface area contributed by atoms with Crippen molar-refractivity contribution in [3.05, 3.63) is 0 Å². The third-order valence-electron chi connectivity index (χ3n) is 4.20. The zero-order valence-electron chi connectivity index (χ0n) is 12.6. The predicted molar refractivity (Wildman–Crippen MR) is 81.1 cm³/mol. The first-order valence-corrected chi connectivity index (χ1v) is 8.53. The number of hydrogen-bond acceptors (Lipinski definition) is 4. The molecule has 2 N–H and O–H groups in total. The molecule has 0 bridgehead atoms. The highest BCUT2D eigenvalue weighted by Crippen LogP contribution is 2.35. The van der Waals surface area contributed by atoms with Gasteiger partial charge in [-0.05, 0) is 24.7 Å². The number of carboxylic acid groups (broad SMARTS) is 1. The highest BCUT2D eigenvalue weighted by atomic mass is 32.2.